The second kappa shape index (κ2) is 9.35. The molecule has 0 N–H and O–H groups in total. The van der Waals surface area contributed by atoms with Gasteiger partial charge >= 0.3 is 0 Å². The van der Waals surface area contributed by atoms with Gasteiger partial charge in [0.2, 0.25) is 5.91 Å². The first-order chi connectivity index (χ1) is 16.6. The smallest absolute Gasteiger partial charge is 0.266 e. The van der Waals surface area contributed by atoms with Gasteiger partial charge < -0.3 is 9.64 Å². The Bertz CT molecular complexity index is 1450. The number of benzene rings is 3. The quantitative estimate of drug-likeness (QED) is 0.310. The lowest BCUT2D eigenvalue weighted by Gasteiger charge is -2.29. The van der Waals surface area contributed by atoms with Crippen molar-refractivity contribution in [1.29, 1.82) is 0 Å². The van der Waals surface area contributed by atoms with Crippen LogP contribution in [0, 0.1) is 6.92 Å². The average Bonchev–Trinajstić information content (AvgIpc) is 2.87. The number of aryl methyl sites for hydroxylation is 2. The first-order valence-electron chi connectivity index (χ1n) is 11.2. The highest BCUT2D eigenvalue weighted by Crippen LogP contribution is 2.30. The Kier molecular flexibility index (Phi) is 6.11. The Balaban J connectivity index is 1.55. The van der Waals surface area contributed by atoms with Crippen LogP contribution in [0.1, 0.15) is 17.5 Å². The Morgan fingerprint density at radius 2 is 1.85 bits per heavy atom. The molecule has 172 valence electrons. The number of thioether (sulfide) groups is 1. The minimum Gasteiger partial charge on any atom is -0.495 e. The number of para-hydroxylation sites is 2. The van der Waals surface area contributed by atoms with Gasteiger partial charge in [-0.25, -0.2) is 4.98 Å². The van der Waals surface area contributed by atoms with E-state index < -0.39 is 0 Å². The van der Waals surface area contributed by atoms with Gasteiger partial charge in [0.1, 0.15) is 5.75 Å². The van der Waals surface area contributed by atoms with Crippen molar-refractivity contribution in [3.05, 3.63) is 88.2 Å². The number of methoxy groups -OCH3 is 1. The molecule has 0 bridgehead atoms. The molecule has 1 aliphatic rings. The lowest BCUT2D eigenvalue weighted by Crippen LogP contribution is -2.36. The van der Waals surface area contributed by atoms with Crippen LogP contribution in [-0.4, -0.2) is 34.9 Å². The third-order valence-electron chi connectivity index (χ3n) is 6.06. The highest BCUT2D eigenvalue weighted by Gasteiger charge is 2.24. The molecule has 34 heavy (non-hydrogen) atoms. The van der Waals surface area contributed by atoms with Crippen molar-refractivity contribution >= 4 is 34.3 Å². The van der Waals surface area contributed by atoms with Crippen LogP contribution in [0.25, 0.3) is 16.6 Å². The van der Waals surface area contributed by atoms with Gasteiger partial charge in [-0.15, -0.1) is 0 Å². The van der Waals surface area contributed by atoms with Crippen LogP contribution in [0.15, 0.2) is 76.7 Å². The van der Waals surface area contributed by atoms with Crippen LogP contribution in [0.3, 0.4) is 0 Å². The van der Waals surface area contributed by atoms with Gasteiger partial charge in [-0.1, -0.05) is 48.2 Å². The molecule has 0 unspecified atom stereocenters. The minimum absolute atomic E-state index is 0.00214. The largest absolute Gasteiger partial charge is 0.495 e. The number of fused-ring (bicyclic) bond motifs is 2. The minimum atomic E-state index is -0.187. The van der Waals surface area contributed by atoms with E-state index in [-0.39, 0.29) is 17.2 Å². The second-order valence-electron chi connectivity index (χ2n) is 8.29. The topological polar surface area (TPSA) is 64.4 Å². The first kappa shape index (κ1) is 22.2. The van der Waals surface area contributed by atoms with Gasteiger partial charge in [0.05, 0.1) is 29.5 Å². The fraction of sp³-hybridized carbons (Fsp3) is 0.222. The van der Waals surface area contributed by atoms with Crippen molar-refractivity contribution in [1.82, 2.24) is 9.55 Å². The van der Waals surface area contributed by atoms with Crippen LogP contribution >= 0.6 is 11.8 Å². The zero-order valence-electron chi connectivity index (χ0n) is 19.2. The molecule has 0 fully saturated rings. The molecule has 0 aliphatic carbocycles. The van der Waals surface area contributed by atoms with Crippen molar-refractivity contribution in [2.75, 3.05) is 24.3 Å². The number of rotatable bonds is 5. The zero-order valence-corrected chi connectivity index (χ0v) is 20.0. The fourth-order valence-electron chi connectivity index (χ4n) is 4.39. The number of carbonyl (C=O) groups is 1. The van der Waals surface area contributed by atoms with Gasteiger partial charge in [0.25, 0.3) is 5.56 Å². The van der Waals surface area contributed by atoms with E-state index in [1.54, 1.807) is 17.7 Å². The molecule has 0 atom stereocenters. The summed E-state index contributed by atoms with van der Waals surface area (Å²) in [6, 6.07) is 21.0. The van der Waals surface area contributed by atoms with Gasteiger partial charge in [0.15, 0.2) is 5.16 Å². The maximum absolute atomic E-state index is 13.6. The van der Waals surface area contributed by atoms with Crippen LogP contribution in [0.4, 0.5) is 5.69 Å². The highest BCUT2D eigenvalue weighted by atomic mass is 32.2. The molecule has 7 heteroatoms. The Labute approximate surface area is 202 Å². The van der Waals surface area contributed by atoms with E-state index in [1.165, 1.54) is 17.3 Å². The molecule has 4 aromatic rings. The molecule has 2 heterocycles. The molecule has 5 rings (SSSR count). The molecule has 0 saturated carbocycles. The molecule has 6 nitrogen and oxygen atoms in total. The first-order valence-corrected chi connectivity index (χ1v) is 12.2. The molecule has 0 radical (unpaired) electrons. The summed E-state index contributed by atoms with van der Waals surface area (Å²) in [4.78, 5) is 33.5. The van der Waals surface area contributed by atoms with E-state index in [9.17, 15) is 9.59 Å². The summed E-state index contributed by atoms with van der Waals surface area (Å²) in [5.41, 5.74) is 4.19. The summed E-state index contributed by atoms with van der Waals surface area (Å²) >= 11 is 1.28. The van der Waals surface area contributed by atoms with Crippen molar-refractivity contribution in [2.24, 2.45) is 0 Å². The van der Waals surface area contributed by atoms with E-state index >= 15 is 0 Å². The standard InChI is InChI=1S/C27H25N3O3S/c1-18-13-14-24(33-2)23(16-18)30-26(32)20-10-4-5-11-21(20)28-27(30)34-17-25(31)29-15-7-9-19-8-3-6-12-22(19)29/h3-6,8,10-14,16H,7,9,15,17H2,1-2H3. The van der Waals surface area contributed by atoms with Crippen molar-refractivity contribution in [3.8, 4) is 11.4 Å². The zero-order chi connectivity index (χ0) is 23.7. The van der Waals surface area contributed by atoms with E-state index in [4.69, 9.17) is 9.72 Å². The Hall–Kier alpha value is -3.58. The molecule has 1 aromatic heterocycles. The van der Waals surface area contributed by atoms with Crippen LogP contribution in [0.5, 0.6) is 5.75 Å². The number of carbonyl (C=O) groups excluding carboxylic acids is 1. The molecule has 1 aliphatic heterocycles. The van der Waals surface area contributed by atoms with E-state index in [0.29, 0.717) is 34.0 Å². The second-order valence-corrected chi connectivity index (χ2v) is 9.24. The summed E-state index contributed by atoms with van der Waals surface area (Å²) in [7, 11) is 1.58. The number of amides is 1. The summed E-state index contributed by atoms with van der Waals surface area (Å²) in [5, 5.41) is 0.984. The van der Waals surface area contributed by atoms with Crippen molar-refractivity contribution < 1.29 is 9.53 Å². The molecule has 3 aromatic carbocycles. The third-order valence-corrected chi connectivity index (χ3v) is 6.98. The summed E-state index contributed by atoms with van der Waals surface area (Å²) in [6.07, 6.45) is 1.92. The maximum atomic E-state index is 13.6. The van der Waals surface area contributed by atoms with E-state index in [0.717, 1.165) is 24.1 Å². The molecular formula is C27H25N3O3S. The number of anilines is 1. The summed E-state index contributed by atoms with van der Waals surface area (Å²) < 4.78 is 7.13. The summed E-state index contributed by atoms with van der Waals surface area (Å²) in [5.74, 6) is 0.748. The number of nitrogens with zero attached hydrogens (tertiary/aromatic N) is 3. The van der Waals surface area contributed by atoms with Crippen LogP contribution < -0.4 is 15.2 Å². The SMILES string of the molecule is COc1ccc(C)cc1-n1c(SCC(=O)N2CCCc3ccccc32)nc2ccccc2c1=O. The fourth-order valence-corrected chi connectivity index (χ4v) is 5.27. The molecule has 0 saturated heterocycles. The number of ether oxygens (including phenoxy) is 1. The van der Waals surface area contributed by atoms with Crippen LogP contribution in [0.2, 0.25) is 0 Å². The van der Waals surface area contributed by atoms with Crippen LogP contribution in [-0.2, 0) is 11.2 Å². The predicted molar refractivity (Wildman–Crippen MR) is 136 cm³/mol. The lowest BCUT2D eigenvalue weighted by molar-refractivity contribution is -0.116. The highest BCUT2D eigenvalue weighted by molar-refractivity contribution is 7.99. The van der Waals surface area contributed by atoms with E-state index in [1.807, 2.05) is 66.4 Å². The van der Waals surface area contributed by atoms with Gasteiger partial charge in [-0.3, -0.25) is 14.2 Å². The normalized spacial score (nSPS) is 13.1. The number of hydrogen-bond acceptors (Lipinski definition) is 5. The third kappa shape index (κ3) is 4.07. The Morgan fingerprint density at radius 3 is 2.71 bits per heavy atom. The maximum Gasteiger partial charge on any atom is 0.266 e. The molecule has 0 spiro atoms. The van der Waals surface area contributed by atoms with E-state index in [2.05, 4.69) is 6.07 Å². The van der Waals surface area contributed by atoms with Crippen molar-refractivity contribution in [3.63, 3.8) is 0 Å². The lowest BCUT2D eigenvalue weighted by atomic mass is 10.0. The van der Waals surface area contributed by atoms with Gasteiger partial charge in [-0.05, 0) is 61.2 Å². The number of aromatic nitrogens is 2. The van der Waals surface area contributed by atoms with Gasteiger partial charge in [0, 0.05) is 12.2 Å². The Morgan fingerprint density at radius 1 is 1.06 bits per heavy atom. The average molecular weight is 472 g/mol. The number of hydrogen-bond donors (Lipinski definition) is 0. The predicted octanol–water partition coefficient (Wildman–Crippen LogP) is 4.77. The monoisotopic (exact) mass is 471 g/mol. The van der Waals surface area contributed by atoms with Gasteiger partial charge in [-0.2, -0.15) is 0 Å². The molecular weight excluding hydrogens is 446 g/mol. The molecule has 1 amide bonds. The van der Waals surface area contributed by atoms with Crippen molar-refractivity contribution in [2.45, 2.75) is 24.9 Å². The summed E-state index contributed by atoms with van der Waals surface area (Å²) in [6.45, 7) is 2.66.